The maximum absolute atomic E-state index is 12.4. The number of likely N-dealkylation sites (tertiary alicyclic amines) is 1. The predicted molar refractivity (Wildman–Crippen MR) is 84.6 cm³/mol. The van der Waals surface area contributed by atoms with Crippen LogP contribution in [0.1, 0.15) is 40.5 Å². The van der Waals surface area contributed by atoms with Gasteiger partial charge in [0.1, 0.15) is 0 Å². The number of carbonyl (C=O) groups excluding carboxylic acids is 2. The van der Waals surface area contributed by atoms with Gasteiger partial charge < -0.3 is 5.73 Å². The minimum absolute atomic E-state index is 0.171. The van der Waals surface area contributed by atoms with Crippen molar-refractivity contribution in [2.45, 2.75) is 25.8 Å². The summed E-state index contributed by atoms with van der Waals surface area (Å²) < 4.78 is 0. The number of hydrogen-bond acceptors (Lipinski definition) is 4. The van der Waals surface area contributed by atoms with Crippen LogP contribution >= 0.6 is 0 Å². The van der Waals surface area contributed by atoms with E-state index in [0.717, 1.165) is 13.0 Å². The summed E-state index contributed by atoms with van der Waals surface area (Å²) in [7, 11) is 0. The SMILES string of the molecule is CC1CCCN(CCN2C(=O)c3ccccc3C2=O)C1CN. The standard InChI is InChI=1S/C17H23N3O2/c1-12-5-4-8-19(15(12)11-18)9-10-20-16(21)13-6-2-3-7-14(13)17(20)22/h2-3,6-7,12,15H,4-5,8-11,18H2,1H3. The number of carbonyl (C=O) groups is 2. The van der Waals surface area contributed by atoms with Crippen molar-refractivity contribution in [3.05, 3.63) is 35.4 Å². The Morgan fingerprint density at radius 3 is 2.36 bits per heavy atom. The summed E-state index contributed by atoms with van der Waals surface area (Å²) in [5.74, 6) is 0.228. The summed E-state index contributed by atoms with van der Waals surface area (Å²) in [6.07, 6.45) is 2.35. The van der Waals surface area contributed by atoms with E-state index in [1.54, 1.807) is 24.3 Å². The molecule has 0 aromatic heterocycles. The molecule has 2 atom stereocenters. The molecule has 118 valence electrons. The van der Waals surface area contributed by atoms with Gasteiger partial charge in [-0.05, 0) is 37.4 Å². The summed E-state index contributed by atoms with van der Waals surface area (Å²) in [5.41, 5.74) is 6.95. The van der Waals surface area contributed by atoms with Crippen LogP contribution in [0.5, 0.6) is 0 Å². The molecular weight excluding hydrogens is 278 g/mol. The van der Waals surface area contributed by atoms with Gasteiger partial charge in [-0.2, -0.15) is 0 Å². The van der Waals surface area contributed by atoms with E-state index in [1.807, 2.05) is 0 Å². The summed E-state index contributed by atoms with van der Waals surface area (Å²) in [5, 5.41) is 0. The van der Waals surface area contributed by atoms with Gasteiger partial charge in [-0.1, -0.05) is 19.1 Å². The maximum Gasteiger partial charge on any atom is 0.261 e. The number of nitrogens with zero attached hydrogens (tertiary/aromatic N) is 2. The van der Waals surface area contributed by atoms with Crippen LogP contribution in [0.4, 0.5) is 0 Å². The molecule has 1 aromatic rings. The third-order valence-electron chi connectivity index (χ3n) is 4.96. The van der Waals surface area contributed by atoms with Crippen molar-refractivity contribution in [2.75, 3.05) is 26.2 Å². The normalized spacial score (nSPS) is 25.6. The lowest BCUT2D eigenvalue weighted by molar-refractivity contribution is 0.0578. The fourth-order valence-corrected chi connectivity index (χ4v) is 3.66. The smallest absolute Gasteiger partial charge is 0.261 e. The van der Waals surface area contributed by atoms with Gasteiger partial charge in [0.2, 0.25) is 0 Å². The molecule has 0 spiro atoms. The summed E-state index contributed by atoms with van der Waals surface area (Å²) in [4.78, 5) is 28.4. The Bertz CT molecular complexity index is 552. The Hall–Kier alpha value is -1.72. The Labute approximate surface area is 131 Å². The molecule has 5 heteroatoms. The van der Waals surface area contributed by atoms with Crippen LogP contribution in [0.2, 0.25) is 0 Å². The minimum atomic E-state index is -0.171. The van der Waals surface area contributed by atoms with Crippen LogP contribution < -0.4 is 5.73 Å². The lowest BCUT2D eigenvalue weighted by Gasteiger charge is -2.39. The average molecular weight is 301 g/mol. The Kier molecular flexibility index (Phi) is 4.27. The van der Waals surface area contributed by atoms with Crippen LogP contribution in [0, 0.1) is 5.92 Å². The van der Waals surface area contributed by atoms with Crippen molar-refractivity contribution in [3.63, 3.8) is 0 Å². The Morgan fingerprint density at radius 2 is 1.77 bits per heavy atom. The van der Waals surface area contributed by atoms with E-state index >= 15 is 0 Å². The highest BCUT2D eigenvalue weighted by Gasteiger charge is 2.36. The molecule has 1 fully saturated rings. The summed E-state index contributed by atoms with van der Waals surface area (Å²) in [6.45, 7) is 5.00. The van der Waals surface area contributed by atoms with Crippen LogP contribution in [-0.4, -0.2) is 53.8 Å². The molecule has 0 aliphatic carbocycles. The topological polar surface area (TPSA) is 66.6 Å². The first-order valence-corrected chi connectivity index (χ1v) is 8.03. The van der Waals surface area contributed by atoms with Crippen LogP contribution in [0.25, 0.3) is 0 Å². The summed E-state index contributed by atoms with van der Waals surface area (Å²) in [6, 6.07) is 7.39. The zero-order valence-corrected chi connectivity index (χ0v) is 13.0. The van der Waals surface area contributed by atoms with E-state index in [9.17, 15) is 9.59 Å². The molecule has 5 nitrogen and oxygen atoms in total. The van der Waals surface area contributed by atoms with Gasteiger partial charge in [-0.25, -0.2) is 0 Å². The van der Waals surface area contributed by atoms with Gasteiger partial charge in [0.25, 0.3) is 11.8 Å². The van der Waals surface area contributed by atoms with Crippen molar-refractivity contribution >= 4 is 11.8 Å². The first kappa shape index (κ1) is 15.2. The van der Waals surface area contributed by atoms with Crippen molar-refractivity contribution in [2.24, 2.45) is 11.7 Å². The summed E-state index contributed by atoms with van der Waals surface area (Å²) >= 11 is 0. The van der Waals surface area contributed by atoms with Crippen molar-refractivity contribution in [3.8, 4) is 0 Å². The molecule has 2 heterocycles. The van der Waals surface area contributed by atoms with Gasteiger partial charge in [0, 0.05) is 25.7 Å². The minimum Gasteiger partial charge on any atom is -0.329 e. The molecule has 1 aromatic carbocycles. The molecule has 22 heavy (non-hydrogen) atoms. The fourth-order valence-electron chi connectivity index (χ4n) is 3.66. The van der Waals surface area contributed by atoms with Gasteiger partial charge in [-0.15, -0.1) is 0 Å². The van der Waals surface area contributed by atoms with E-state index in [4.69, 9.17) is 5.73 Å². The van der Waals surface area contributed by atoms with Crippen LogP contribution in [0.15, 0.2) is 24.3 Å². The number of fused-ring (bicyclic) bond motifs is 1. The molecule has 0 radical (unpaired) electrons. The number of piperidine rings is 1. The lowest BCUT2D eigenvalue weighted by atomic mass is 9.91. The quantitative estimate of drug-likeness (QED) is 0.852. The van der Waals surface area contributed by atoms with Gasteiger partial charge in [0.15, 0.2) is 0 Å². The Balaban J connectivity index is 1.67. The molecule has 0 saturated carbocycles. The van der Waals surface area contributed by atoms with Crippen molar-refractivity contribution in [1.29, 1.82) is 0 Å². The van der Waals surface area contributed by atoms with E-state index in [-0.39, 0.29) is 11.8 Å². The molecule has 2 amide bonds. The van der Waals surface area contributed by atoms with Gasteiger partial charge in [0.05, 0.1) is 11.1 Å². The predicted octanol–water partition coefficient (Wildman–Crippen LogP) is 1.34. The first-order chi connectivity index (χ1) is 10.6. The van der Waals surface area contributed by atoms with Gasteiger partial charge >= 0.3 is 0 Å². The average Bonchev–Trinajstić information content (AvgIpc) is 2.77. The van der Waals surface area contributed by atoms with Crippen molar-refractivity contribution in [1.82, 2.24) is 9.80 Å². The molecular formula is C17H23N3O2. The molecule has 0 bridgehead atoms. The number of hydrogen-bond donors (Lipinski definition) is 1. The second-order valence-corrected chi connectivity index (χ2v) is 6.27. The molecule has 2 unspecified atom stereocenters. The van der Waals surface area contributed by atoms with E-state index in [0.29, 0.717) is 42.7 Å². The Morgan fingerprint density at radius 1 is 1.14 bits per heavy atom. The van der Waals surface area contributed by atoms with Crippen molar-refractivity contribution < 1.29 is 9.59 Å². The third-order valence-corrected chi connectivity index (χ3v) is 4.96. The number of nitrogens with two attached hydrogens (primary N) is 1. The number of imide groups is 1. The highest BCUT2D eigenvalue weighted by Crippen LogP contribution is 2.24. The van der Waals surface area contributed by atoms with E-state index in [1.165, 1.54) is 11.3 Å². The largest absolute Gasteiger partial charge is 0.329 e. The monoisotopic (exact) mass is 301 g/mol. The zero-order chi connectivity index (χ0) is 15.7. The van der Waals surface area contributed by atoms with Crippen LogP contribution in [0.3, 0.4) is 0 Å². The van der Waals surface area contributed by atoms with E-state index in [2.05, 4.69) is 11.8 Å². The zero-order valence-electron chi connectivity index (χ0n) is 13.0. The number of amides is 2. The molecule has 2 N–H and O–H groups in total. The highest BCUT2D eigenvalue weighted by molar-refractivity contribution is 6.21. The fraction of sp³-hybridized carbons (Fsp3) is 0.529. The number of rotatable bonds is 4. The third kappa shape index (κ3) is 2.55. The molecule has 1 saturated heterocycles. The molecule has 2 aliphatic heterocycles. The molecule has 2 aliphatic rings. The van der Waals surface area contributed by atoms with E-state index < -0.39 is 0 Å². The first-order valence-electron chi connectivity index (χ1n) is 8.03. The highest BCUT2D eigenvalue weighted by atomic mass is 16.2. The second-order valence-electron chi connectivity index (χ2n) is 6.27. The van der Waals surface area contributed by atoms with Crippen LogP contribution in [-0.2, 0) is 0 Å². The van der Waals surface area contributed by atoms with Gasteiger partial charge in [-0.3, -0.25) is 19.4 Å². The maximum atomic E-state index is 12.4. The number of benzene rings is 1. The second kappa shape index (κ2) is 6.18. The molecule has 3 rings (SSSR count). The lowest BCUT2D eigenvalue weighted by Crippen LogP contribution is -2.51.